The molecule has 2 nitrogen and oxygen atoms in total. The van der Waals surface area contributed by atoms with E-state index in [-0.39, 0.29) is 11.2 Å². The number of piperidine rings is 1. The molecule has 0 amide bonds. The van der Waals surface area contributed by atoms with Gasteiger partial charge in [0.1, 0.15) is 5.82 Å². The predicted molar refractivity (Wildman–Crippen MR) is 69.1 cm³/mol. The summed E-state index contributed by atoms with van der Waals surface area (Å²) in [4.78, 5) is 0. The summed E-state index contributed by atoms with van der Waals surface area (Å²) < 4.78 is 19.4. The first kappa shape index (κ1) is 12.1. The summed E-state index contributed by atoms with van der Waals surface area (Å²) in [7, 11) is 0. The molecule has 98 valence electrons. The van der Waals surface area contributed by atoms with Crippen molar-refractivity contribution in [3.8, 4) is 0 Å². The van der Waals surface area contributed by atoms with E-state index in [0.717, 1.165) is 25.1 Å². The standard InChI is InChI=1S/C15H20FNO/c16-14-6-2-1-5-13(14)15(10-18-11-15)8-12-4-3-7-17-9-12/h1-2,5-6,12,17H,3-4,7-11H2. The van der Waals surface area contributed by atoms with E-state index in [4.69, 9.17) is 4.74 Å². The molecular formula is C15H20FNO. The molecule has 0 radical (unpaired) electrons. The average molecular weight is 249 g/mol. The summed E-state index contributed by atoms with van der Waals surface area (Å²) in [6.45, 7) is 3.53. The molecular weight excluding hydrogens is 229 g/mol. The van der Waals surface area contributed by atoms with Crippen molar-refractivity contribution in [2.45, 2.75) is 24.7 Å². The smallest absolute Gasteiger partial charge is 0.127 e. The number of ether oxygens (including phenoxy) is 1. The molecule has 2 saturated heterocycles. The van der Waals surface area contributed by atoms with E-state index < -0.39 is 0 Å². The van der Waals surface area contributed by atoms with Gasteiger partial charge in [0, 0.05) is 5.41 Å². The van der Waals surface area contributed by atoms with Crippen molar-refractivity contribution in [3.63, 3.8) is 0 Å². The fourth-order valence-corrected chi connectivity index (χ4v) is 3.27. The molecule has 18 heavy (non-hydrogen) atoms. The summed E-state index contributed by atoms with van der Waals surface area (Å²) in [6, 6.07) is 7.18. The number of benzene rings is 1. The zero-order chi connectivity index (χ0) is 12.4. The summed E-state index contributed by atoms with van der Waals surface area (Å²) in [5.74, 6) is 0.576. The van der Waals surface area contributed by atoms with Crippen LogP contribution in [0.2, 0.25) is 0 Å². The van der Waals surface area contributed by atoms with E-state index in [9.17, 15) is 4.39 Å². The lowest BCUT2D eigenvalue weighted by atomic mass is 9.71. The Kier molecular flexibility index (Phi) is 3.35. The Morgan fingerprint density at radius 3 is 2.78 bits per heavy atom. The van der Waals surface area contributed by atoms with E-state index in [1.807, 2.05) is 12.1 Å². The molecule has 0 spiro atoms. The van der Waals surface area contributed by atoms with Crippen molar-refractivity contribution in [1.29, 1.82) is 0 Å². The lowest BCUT2D eigenvalue weighted by molar-refractivity contribution is -0.0742. The van der Waals surface area contributed by atoms with Crippen molar-refractivity contribution in [2.24, 2.45) is 5.92 Å². The number of halogens is 1. The van der Waals surface area contributed by atoms with Crippen molar-refractivity contribution in [1.82, 2.24) is 5.32 Å². The molecule has 2 heterocycles. The fourth-order valence-electron chi connectivity index (χ4n) is 3.27. The van der Waals surface area contributed by atoms with Crippen LogP contribution in [0.5, 0.6) is 0 Å². The van der Waals surface area contributed by atoms with E-state index in [1.165, 1.54) is 12.8 Å². The molecule has 0 aromatic heterocycles. The molecule has 1 aromatic carbocycles. The van der Waals surface area contributed by atoms with Crippen LogP contribution in [0.15, 0.2) is 24.3 Å². The highest BCUT2D eigenvalue weighted by atomic mass is 19.1. The maximum absolute atomic E-state index is 14.0. The fraction of sp³-hybridized carbons (Fsp3) is 0.600. The Balaban J connectivity index is 1.79. The van der Waals surface area contributed by atoms with Crippen LogP contribution >= 0.6 is 0 Å². The summed E-state index contributed by atoms with van der Waals surface area (Å²) in [5.41, 5.74) is 0.775. The Labute approximate surface area is 108 Å². The van der Waals surface area contributed by atoms with Gasteiger partial charge in [0.15, 0.2) is 0 Å². The summed E-state index contributed by atoms with van der Waals surface area (Å²) in [5, 5.41) is 3.44. The van der Waals surface area contributed by atoms with Crippen LogP contribution in [0.4, 0.5) is 4.39 Å². The Morgan fingerprint density at radius 2 is 2.17 bits per heavy atom. The first-order chi connectivity index (χ1) is 8.80. The maximum atomic E-state index is 14.0. The van der Waals surface area contributed by atoms with Gasteiger partial charge in [0.2, 0.25) is 0 Å². The van der Waals surface area contributed by atoms with Gasteiger partial charge in [-0.1, -0.05) is 18.2 Å². The molecule has 1 unspecified atom stereocenters. The third-order valence-electron chi connectivity index (χ3n) is 4.28. The molecule has 1 N–H and O–H groups in total. The number of nitrogens with one attached hydrogen (secondary N) is 1. The lowest BCUT2D eigenvalue weighted by Gasteiger charge is -2.45. The van der Waals surface area contributed by atoms with Crippen molar-refractivity contribution in [3.05, 3.63) is 35.6 Å². The Morgan fingerprint density at radius 1 is 1.33 bits per heavy atom. The minimum absolute atomic E-state index is 0.0744. The zero-order valence-electron chi connectivity index (χ0n) is 10.6. The van der Waals surface area contributed by atoms with Gasteiger partial charge in [-0.15, -0.1) is 0 Å². The SMILES string of the molecule is Fc1ccccc1C1(CC2CCCNC2)COC1. The summed E-state index contributed by atoms with van der Waals surface area (Å²) in [6.07, 6.45) is 3.53. The normalized spacial score (nSPS) is 26.6. The van der Waals surface area contributed by atoms with Crippen molar-refractivity contribution < 1.29 is 9.13 Å². The third-order valence-corrected chi connectivity index (χ3v) is 4.28. The molecule has 0 aliphatic carbocycles. The molecule has 0 bridgehead atoms. The van der Waals surface area contributed by atoms with E-state index in [1.54, 1.807) is 12.1 Å². The Bertz CT molecular complexity index is 411. The predicted octanol–water partition coefficient (Wildman–Crippen LogP) is 2.48. The first-order valence-corrected chi connectivity index (χ1v) is 6.84. The lowest BCUT2D eigenvalue weighted by Crippen LogP contribution is -2.50. The van der Waals surface area contributed by atoms with Crippen LogP contribution in [0.3, 0.4) is 0 Å². The van der Waals surface area contributed by atoms with Gasteiger partial charge < -0.3 is 10.1 Å². The molecule has 3 rings (SSSR count). The molecule has 3 heteroatoms. The number of hydrogen-bond donors (Lipinski definition) is 1. The molecule has 2 aliphatic rings. The first-order valence-electron chi connectivity index (χ1n) is 6.84. The van der Waals surface area contributed by atoms with Gasteiger partial charge >= 0.3 is 0 Å². The number of hydrogen-bond acceptors (Lipinski definition) is 2. The molecule has 1 atom stereocenters. The Hall–Kier alpha value is -0.930. The van der Waals surface area contributed by atoms with Gasteiger partial charge in [-0.3, -0.25) is 0 Å². The molecule has 1 aromatic rings. The van der Waals surface area contributed by atoms with Crippen LogP contribution in [-0.2, 0) is 10.2 Å². The van der Waals surface area contributed by atoms with Crippen molar-refractivity contribution >= 4 is 0 Å². The van der Waals surface area contributed by atoms with Gasteiger partial charge in [-0.05, 0) is 49.9 Å². The molecule has 2 fully saturated rings. The van der Waals surface area contributed by atoms with Crippen LogP contribution in [0.25, 0.3) is 0 Å². The zero-order valence-corrected chi connectivity index (χ0v) is 10.6. The minimum Gasteiger partial charge on any atom is -0.379 e. The van der Waals surface area contributed by atoms with Crippen LogP contribution in [0.1, 0.15) is 24.8 Å². The highest BCUT2D eigenvalue weighted by Gasteiger charge is 2.43. The quantitative estimate of drug-likeness (QED) is 0.888. The largest absolute Gasteiger partial charge is 0.379 e. The second kappa shape index (κ2) is 4.98. The van der Waals surface area contributed by atoms with Crippen LogP contribution < -0.4 is 5.32 Å². The highest BCUT2D eigenvalue weighted by Crippen LogP contribution is 2.40. The number of rotatable bonds is 3. The highest BCUT2D eigenvalue weighted by molar-refractivity contribution is 5.29. The second-order valence-electron chi connectivity index (χ2n) is 5.67. The molecule has 2 aliphatic heterocycles. The van der Waals surface area contributed by atoms with Crippen LogP contribution in [0, 0.1) is 11.7 Å². The van der Waals surface area contributed by atoms with Gasteiger partial charge in [-0.2, -0.15) is 0 Å². The minimum atomic E-state index is -0.0791. The monoisotopic (exact) mass is 249 g/mol. The topological polar surface area (TPSA) is 21.3 Å². The van der Waals surface area contributed by atoms with Crippen molar-refractivity contribution in [2.75, 3.05) is 26.3 Å². The average Bonchev–Trinajstić information content (AvgIpc) is 2.36. The van der Waals surface area contributed by atoms with E-state index in [0.29, 0.717) is 19.1 Å². The van der Waals surface area contributed by atoms with Gasteiger partial charge in [-0.25, -0.2) is 4.39 Å². The summed E-state index contributed by atoms with van der Waals surface area (Å²) >= 11 is 0. The van der Waals surface area contributed by atoms with Crippen LogP contribution in [-0.4, -0.2) is 26.3 Å². The van der Waals surface area contributed by atoms with Gasteiger partial charge in [0.05, 0.1) is 13.2 Å². The molecule has 0 saturated carbocycles. The maximum Gasteiger partial charge on any atom is 0.127 e. The third kappa shape index (κ3) is 2.17. The van der Waals surface area contributed by atoms with E-state index >= 15 is 0 Å². The second-order valence-corrected chi connectivity index (χ2v) is 5.67. The van der Waals surface area contributed by atoms with Gasteiger partial charge in [0.25, 0.3) is 0 Å². The van der Waals surface area contributed by atoms with E-state index in [2.05, 4.69) is 5.32 Å².